The summed E-state index contributed by atoms with van der Waals surface area (Å²) in [6.45, 7) is 5.91. The highest BCUT2D eigenvalue weighted by atomic mass is 16.5. The van der Waals surface area contributed by atoms with Crippen LogP contribution in [-0.4, -0.2) is 59.4 Å². The van der Waals surface area contributed by atoms with Gasteiger partial charge >= 0.3 is 0 Å². The molecule has 0 saturated carbocycles. The zero-order valence-electron chi connectivity index (χ0n) is 20.3. The Balaban J connectivity index is 1.34. The second kappa shape index (κ2) is 11.3. The lowest BCUT2D eigenvalue weighted by Gasteiger charge is -2.22. The second-order valence-corrected chi connectivity index (χ2v) is 8.75. The molecule has 180 valence electrons. The molecule has 1 aliphatic heterocycles. The molecule has 2 aromatic carbocycles. The lowest BCUT2D eigenvalue weighted by molar-refractivity contribution is -0.122. The molecule has 1 amide bonds. The zero-order valence-corrected chi connectivity index (χ0v) is 20.3. The first-order valence-electron chi connectivity index (χ1n) is 11.9. The topological polar surface area (TPSA) is 75.5 Å². The van der Waals surface area contributed by atoms with Crippen LogP contribution in [0.15, 0.2) is 54.6 Å². The van der Waals surface area contributed by atoms with Crippen molar-refractivity contribution in [2.45, 2.75) is 38.9 Å². The highest BCUT2D eigenvalue weighted by molar-refractivity contribution is 5.76. The smallest absolute Gasteiger partial charge is 0.222 e. The monoisotopic (exact) mass is 462 g/mol. The van der Waals surface area contributed by atoms with Gasteiger partial charge in [0.15, 0.2) is 5.82 Å². The Bertz CT molecular complexity index is 1070. The minimum atomic E-state index is -0.189. The highest BCUT2D eigenvalue weighted by Gasteiger charge is 2.22. The summed E-state index contributed by atoms with van der Waals surface area (Å²) < 4.78 is 7.15. The molecule has 0 saturated heterocycles. The van der Waals surface area contributed by atoms with Crippen LogP contribution in [0, 0.1) is 0 Å². The van der Waals surface area contributed by atoms with Crippen LogP contribution < -0.4 is 10.2 Å². The van der Waals surface area contributed by atoms with Crippen molar-refractivity contribution < 1.29 is 9.53 Å². The second-order valence-electron chi connectivity index (χ2n) is 8.75. The number of methoxy groups -OCH3 is 1. The Morgan fingerprint density at radius 3 is 2.53 bits per heavy atom. The minimum absolute atomic E-state index is 0.0386. The van der Waals surface area contributed by atoms with Crippen molar-refractivity contribution in [3.05, 3.63) is 71.8 Å². The average Bonchev–Trinajstić information content (AvgIpc) is 3.17. The number of carbonyl (C=O) groups excluding carboxylic acids is 1. The standard InChI is InChI=1S/C26H34N6O2/c1-20(27-25(33)14-18-34-3)26-29-28-24-13-15-31(16-17-32(24)26)19-21-9-11-23(12-10-21)30(2)22-7-5-4-6-8-22/h4-12,20H,13-19H2,1-3H3,(H,27,33)/t20-/m1/s1. The summed E-state index contributed by atoms with van der Waals surface area (Å²) in [6, 6.07) is 19.0. The molecule has 0 aliphatic carbocycles. The molecule has 0 fully saturated rings. The van der Waals surface area contributed by atoms with Crippen LogP contribution in [0.25, 0.3) is 0 Å². The predicted octanol–water partition coefficient (Wildman–Crippen LogP) is 3.32. The Morgan fingerprint density at radius 1 is 1.06 bits per heavy atom. The first-order chi connectivity index (χ1) is 16.5. The molecule has 34 heavy (non-hydrogen) atoms. The molecular weight excluding hydrogens is 428 g/mol. The van der Waals surface area contributed by atoms with E-state index in [0.29, 0.717) is 13.0 Å². The molecular formula is C26H34N6O2. The molecule has 8 heteroatoms. The van der Waals surface area contributed by atoms with E-state index in [0.717, 1.165) is 44.2 Å². The van der Waals surface area contributed by atoms with E-state index in [2.05, 4.69) is 85.5 Å². The summed E-state index contributed by atoms with van der Waals surface area (Å²) in [5.41, 5.74) is 3.63. The molecule has 1 aromatic heterocycles. The van der Waals surface area contributed by atoms with Gasteiger partial charge < -0.3 is 19.5 Å². The first-order valence-corrected chi connectivity index (χ1v) is 11.9. The van der Waals surface area contributed by atoms with Crippen molar-refractivity contribution in [1.29, 1.82) is 0 Å². The SMILES string of the molecule is COCCC(=O)N[C@H](C)c1nnc2n1CCN(Cc1ccc(N(C)c3ccccc3)cc1)CC2. The molecule has 0 bridgehead atoms. The molecule has 1 aliphatic rings. The van der Waals surface area contributed by atoms with Gasteiger partial charge in [0.05, 0.1) is 12.6 Å². The van der Waals surface area contributed by atoms with Crippen LogP contribution in [0.1, 0.15) is 36.6 Å². The van der Waals surface area contributed by atoms with Crippen LogP contribution >= 0.6 is 0 Å². The van der Waals surface area contributed by atoms with Crippen molar-refractivity contribution >= 4 is 17.3 Å². The van der Waals surface area contributed by atoms with Crippen LogP contribution in [0.4, 0.5) is 11.4 Å². The van der Waals surface area contributed by atoms with Gasteiger partial charge in [-0.15, -0.1) is 10.2 Å². The third-order valence-electron chi connectivity index (χ3n) is 6.32. The number of benzene rings is 2. The van der Waals surface area contributed by atoms with Gasteiger partial charge in [-0.25, -0.2) is 0 Å². The molecule has 0 radical (unpaired) electrons. The fourth-order valence-corrected chi connectivity index (χ4v) is 4.32. The van der Waals surface area contributed by atoms with E-state index in [9.17, 15) is 4.79 Å². The van der Waals surface area contributed by atoms with Crippen LogP contribution in [0.2, 0.25) is 0 Å². The number of anilines is 2. The fraction of sp³-hybridized carbons (Fsp3) is 0.423. The third-order valence-corrected chi connectivity index (χ3v) is 6.32. The number of nitrogens with zero attached hydrogens (tertiary/aromatic N) is 5. The van der Waals surface area contributed by atoms with Gasteiger partial charge in [-0.3, -0.25) is 9.69 Å². The summed E-state index contributed by atoms with van der Waals surface area (Å²) in [4.78, 5) is 16.7. The van der Waals surface area contributed by atoms with Crippen molar-refractivity contribution in [2.24, 2.45) is 0 Å². The molecule has 2 heterocycles. The number of ether oxygens (including phenoxy) is 1. The van der Waals surface area contributed by atoms with Gasteiger partial charge in [0, 0.05) is 64.6 Å². The van der Waals surface area contributed by atoms with Crippen LogP contribution in [0.3, 0.4) is 0 Å². The molecule has 1 atom stereocenters. The Labute approximate surface area is 201 Å². The zero-order chi connectivity index (χ0) is 23.9. The first kappa shape index (κ1) is 23.9. The lowest BCUT2D eigenvalue weighted by atomic mass is 10.1. The molecule has 3 aromatic rings. The number of fused-ring (bicyclic) bond motifs is 1. The quantitative estimate of drug-likeness (QED) is 0.526. The Kier molecular flexibility index (Phi) is 7.92. The Hall–Kier alpha value is -3.23. The number of hydrogen-bond acceptors (Lipinski definition) is 6. The van der Waals surface area contributed by atoms with Gasteiger partial charge in [0.25, 0.3) is 0 Å². The lowest BCUT2D eigenvalue weighted by Crippen LogP contribution is -2.30. The van der Waals surface area contributed by atoms with Crippen LogP contribution in [0.5, 0.6) is 0 Å². The largest absolute Gasteiger partial charge is 0.384 e. The number of aromatic nitrogens is 3. The molecule has 1 N–H and O–H groups in total. The van der Waals surface area contributed by atoms with Gasteiger partial charge in [0.2, 0.25) is 5.91 Å². The number of amides is 1. The van der Waals surface area contributed by atoms with E-state index in [1.165, 1.54) is 16.9 Å². The van der Waals surface area contributed by atoms with Crippen molar-refractivity contribution in [3.8, 4) is 0 Å². The maximum atomic E-state index is 12.1. The molecule has 0 spiro atoms. The summed E-state index contributed by atoms with van der Waals surface area (Å²) >= 11 is 0. The average molecular weight is 463 g/mol. The van der Waals surface area contributed by atoms with Crippen LogP contribution in [-0.2, 0) is 29.0 Å². The third kappa shape index (κ3) is 5.81. The number of rotatable bonds is 9. The van der Waals surface area contributed by atoms with E-state index in [-0.39, 0.29) is 11.9 Å². The number of hydrogen-bond donors (Lipinski definition) is 1. The van der Waals surface area contributed by atoms with Crippen molar-refractivity contribution in [2.75, 3.05) is 38.8 Å². The van der Waals surface area contributed by atoms with E-state index in [1.807, 2.05) is 13.0 Å². The predicted molar refractivity (Wildman–Crippen MR) is 133 cm³/mol. The van der Waals surface area contributed by atoms with Crippen molar-refractivity contribution in [1.82, 2.24) is 25.0 Å². The summed E-state index contributed by atoms with van der Waals surface area (Å²) in [5.74, 6) is 1.76. The maximum Gasteiger partial charge on any atom is 0.222 e. The number of carbonyl (C=O) groups is 1. The summed E-state index contributed by atoms with van der Waals surface area (Å²) in [7, 11) is 3.69. The van der Waals surface area contributed by atoms with Gasteiger partial charge in [-0.2, -0.15) is 0 Å². The number of para-hydroxylation sites is 1. The molecule has 8 nitrogen and oxygen atoms in total. The molecule has 4 rings (SSSR count). The van der Waals surface area contributed by atoms with E-state index in [4.69, 9.17) is 4.74 Å². The summed E-state index contributed by atoms with van der Waals surface area (Å²) in [6.07, 6.45) is 1.18. The number of nitrogens with one attached hydrogen (secondary N) is 1. The van der Waals surface area contributed by atoms with Gasteiger partial charge in [0.1, 0.15) is 5.82 Å². The molecule has 0 unspecified atom stereocenters. The van der Waals surface area contributed by atoms with E-state index >= 15 is 0 Å². The van der Waals surface area contributed by atoms with Gasteiger partial charge in [-0.05, 0) is 36.8 Å². The normalized spacial score (nSPS) is 14.8. The van der Waals surface area contributed by atoms with E-state index < -0.39 is 0 Å². The van der Waals surface area contributed by atoms with E-state index in [1.54, 1.807) is 7.11 Å². The Morgan fingerprint density at radius 2 is 1.79 bits per heavy atom. The minimum Gasteiger partial charge on any atom is -0.384 e. The van der Waals surface area contributed by atoms with Crippen molar-refractivity contribution in [3.63, 3.8) is 0 Å². The summed E-state index contributed by atoms with van der Waals surface area (Å²) in [5, 5.41) is 11.8. The highest BCUT2D eigenvalue weighted by Crippen LogP contribution is 2.24. The fourth-order valence-electron chi connectivity index (χ4n) is 4.32. The van der Waals surface area contributed by atoms with Gasteiger partial charge in [-0.1, -0.05) is 30.3 Å². The maximum absolute atomic E-state index is 12.1.